The van der Waals surface area contributed by atoms with Gasteiger partial charge in [-0.05, 0) is 26.7 Å². The van der Waals surface area contributed by atoms with E-state index in [1.807, 2.05) is 0 Å². The first-order valence-corrected chi connectivity index (χ1v) is 9.40. The third-order valence-electron chi connectivity index (χ3n) is 4.26. The summed E-state index contributed by atoms with van der Waals surface area (Å²) >= 11 is 0. The highest BCUT2D eigenvalue weighted by molar-refractivity contribution is 7.89. The van der Waals surface area contributed by atoms with Crippen LogP contribution < -0.4 is 0 Å². The Kier molecular flexibility index (Phi) is 6.43. The molecule has 0 amide bonds. The molecule has 2 aliphatic heterocycles. The fourth-order valence-electron chi connectivity index (χ4n) is 2.83. The molecule has 0 bridgehead atoms. The zero-order valence-electron chi connectivity index (χ0n) is 13.2. The Morgan fingerprint density at radius 3 is 2.24 bits per heavy atom. The molecule has 2 fully saturated rings. The van der Waals surface area contributed by atoms with Gasteiger partial charge in [0.05, 0.1) is 18.5 Å². The highest BCUT2D eigenvalue weighted by Gasteiger charge is 2.33. The molecule has 0 saturated carbocycles. The smallest absolute Gasteiger partial charge is 0.216 e. The van der Waals surface area contributed by atoms with Gasteiger partial charge in [-0.25, -0.2) is 8.42 Å². The molecule has 0 unspecified atom stereocenters. The van der Waals surface area contributed by atoms with Gasteiger partial charge in [-0.2, -0.15) is 4.31 Å². The fourth-order valence-corrected chi connectivity index (χ4v) is 4.33. The first-order valence-electron chi connectivity index (χ1n) is 7.90. The second kappa shape index (κ2) is 7.87. The van der Waals surface area contributed by atoms with Gasteiger partial charge in [0, 0.05) is 45.4 Å². The normalized spacial score (nSPS) is 23.0. The van der Waals surface area contributed by atoms with Crippen molar-refractivity contribution in [3.05, 3.63) is 0 Å². The molecule has 2 heterocycles. The van der Waals surface area contributed by atoms with Crippen molar-refractivity contribution in [2.45, 2.75) is 38.0 Å². The third kappa shape index (κ3) is 4.63. The van der Waals surface area contributed by atoms with Gasteiger partial charge >= 0.3 is 0 Å². The zero-order valence-corrected chi connectivity index (χ0v) is 14.0. The number of nitrogens with zero attached hydrogens (tertiary/aromatic N) is 2. The average molecular weight is 320 g/mol. The summed E-state index contributed by atoms with van der Waals surface area (Å²) in [6.45, 7) is 9.47. The lowest BCUT2D eigenvalue weighted by atomic mass is 10.1. The molecule has 21 heavy (non-hydrogen) atoms. The Bertz CT molecular complexity index is 401. The number of rotatable bonds is 6. The molecule has 2 rings (SSSR count). The first kappa shape index (κ1) is 17.1. The van der Waals surface area contributed by atoms with Gasteiger partial charge in [0.15, 0.2) is 0 Å². The van der Waals surface area contributed by atoms with Crippen LogP contribution in [-0.4, -0.2) is 81.5 Å². The van der Waals surface area contributed by atoms with Crippen LogP contribution in [0.4, 0.5) is 0 Å². The number of sulfonamides is 1. The predicted octanol–water partition coefficient (Wildman–Crippen LogP) is 0.538. The lowest BCUT2D eigenvalue weighted by molar-refractivity contribution is 0.0290. The van der Waals surface area contributed by atoms with E-state index in [1.54, 1.807) is 18.2 Å². The molecular weight excluding hydrogens is 292 g/mol. The molecule has 0 spiro atoms. The van der Waals surface area contributed by atoms with Gasteiger partial charge < -0.3 is 9.47 Å². The van der Waals surface area contributed by atoms with E-state index in [0.717, 1.165) is 45.7 Å². The molecule has 0 aromatic rings. The summed E-state index contributed by atoms with van der Waals surface area (Å²) in [5.41, 5.74) is 0. The Hall–Kier alpha value is -0.210. The minimum atomic E-state index is -3.22. The molecule has 0 N–H and O–H groups in total. The maximum atomic E-state index is 12.6. The Labute approximate surface area is 128 Å². The van der Waals surface area contributed by atoms with Gasteiger partial charge in [0.25, 0.3) is 0 Å². The predicted molar refractivity (Wildman–Crippen MR) is 81.9 cm³/mol. The van der Waals surface area contributed by atoms with Gasteiger partial charge in [0.1, 0.15) is 0 Å². The van der Waals surface area contributed by atoms with Crippen molar-refractivity contribution >= 4 is 10.0 Å². The largest absolute Gasteiger partial charge is 0.381 e. The maximum absolute atomic E-state index is 12.6. The maximum Gasteiger partial charge on any atom is 0.216 e. The van der Waals surface area contributed by atoms with E-state index < -0.39 is 10.0 Å². The van der Waals surface area contributed by atoms with E-state index in [2.05, 4.69) is 4.90 Å². The summed E-state index contributed by atoms with van der Waals surface area (Å²) in [6.07, 6.45) is 1.60. The van der Waals surface area contributed by atoms with E-state index >= 15 is 0 Å². The van der Waals surface area contributed by atoms with Gasteiger partial charge in [0.2, 0.25) is 10.0 Å². The second-order valence-electron chi connectivity index (χ2n) is 6.00. The standard InChI is InChI=1S/C14H28N2O4S/c1-13(2)21(17,18)16(14-3-9-19-10-4-14)6-5-15-7-11-20-12-8-15/h13-14H,3-12H2,1-2H3. The number of morpholine rings is 1. The monoisotopic (exact) mass is 320 g/mol. The summed E-state index contributed by atoms with van der Waals surface area (Å²) < 4.78 is 37.7. The number of hydrogen-bond donors (Lipinski definition) is 0. The van der Waals surface area contributed by atoms with E-state index in [9.17, 15) is 8.42 Å². The van der Waals surface area contributed by atoms with Crippen molar-refractivity contribution in [2.24, 2.45) is 0 Å². The zero-order chi connectivity index (χ0) is 15.3. The molecule has 6 nitrogen and oxygen atoms in total. The van der Waals surface area contributed by atoms with Crippen LogP contribution in [0.3, 0.4) is 0 Å². The van der Waals surface area contributed by atoms with Crippen LogP contribution in [0.2, 0.25) is 0 Å². The molecule has 0 radical (unpaired) electrons. The lowest BCUT2D eigenvalue weighted by Crippen LogP contribution is -2.50. The SMILES string of the molecule is CC(C)S(=O)(=O)N(CCN1CCOCC1)C1CCOCC1. The van der Waals surface area contributed by atoms with Crippen LogP contribution in [0.25, 0.3) is 0 Å². The van der Waals surface area contributed by atoms with Crippen LogP contribution in [0.5, 0.6) is 0 Å². The minimum Gasteiger partial charge on any atom is -0.381 e. The van der Waals surface area contributed by atoms with Crippen molar-refractivity contribution < 1.29 is 17.9 Å². The van der Waals surface area contributed by atoms with Crippen LogP contribution in [-0.2, 0) is 19.5 Å². The van der Waals surface area contributed by atoms with E-state index in [1.165, 1.54) is 0 Å². The molecule has 0 aliphatic carbocycles. The summed E-state index contributed by atoms with van der Waals surface area (Å²) in [4.78, 5) is 2.28. The van der Waals surface area contributed by atoms with E-state index in [0.29, 0.717) is 19.8 Å². The lowest BCUT2D eigenvalue weighted by Gasteiger charge is -2.36. The van der Waals surface area contributed by atoms with Crippen LogP contribution >= 0.6 is 0 Å². The molecule has 2 saturated heterocycles. The molecule has 0 atom stereocenters. The van der Waals surface area contributed by atoms with Crippen molar-refractivity contribution in [1.29, 1.82) is 0 Å². The Morgan fingerprint density at radius 1 is 1.10 bits per heavy atom. The molecule has 0 aromatic carbocycles. The molecular formula is C14H28N2O4S. The highest BCUT2D eigenvalue weighted by atomic mass is 32.2. The highest BCUT2D eigenvalue weighted by Crippen LogP contribution is 2.20. The molecule has 124 valence electrons. The third-order valence-corrected chi connectivity index (χ3v) is 6.59. The molecule has 0 aromatic heterocycles. The Morgan fingerprint density at radius 2 is 1.67 bits per heavy atom. The van der Waals surface area contributed by atoms with Crippen molar-refractivity contribution in [2.75, 3.05) is 52.6 Å². The van der Waals surface area contributed by atoms with Crippen molar-refractivity contribution in [3.63, 3.8) is 0 Å². The minimum absolute atomic E-state index is 0.0900. The van der Waals surface area contributed by atoms with Crippen molar-refractivity contribution in [3.8, 4) is 0 Å². The fraction of sp³-hybridized carbons (Fsp3) is 1.00. The van der Waals surface area contributed by atoms with Gasteiger partial charge in [-0.3, -0.25) is 4.90 Å². The van der Waals surface area contributed by atoms with E-state index in [-0.39, 0.29) is 11.3 Å². The molecule has 7 heteroatoms. The first-order chi connectivity index (χ1) is 10.0. The second-order valence-corrected chi connectivity index (χ2v) is 8.44. The van der Waals surface area contributed by atoms with Crippen LogP contribution in [0.1, 0.15) is 26.7 Å². The Balaban J connectivity index is 2.00. The van der Waals surface area contributed by atoms with E-state index in [4.69, 9.17) is 9.47 Å². The topological polar surface area (TPSA) is 59.1 Å². The summed E-state index contributed by atoms with van der Waals surface area (Å²) in [5.74, 6) is 0. The molecule has 2 aliphatic rings. The average Bonchev–Trinajstić information content (AvgIpc) is 2.49. The number of ether oxygens (including phenoxy) is 2. The van der Waals surface area contributed by atoms with Gasteiger partial charge in [-0.15, -0.1) is 0 Å². The van der Waals surface area contributed by atoms with Crippen LogP contribution in [0, 0.1) is 0 Å². The summed E-state index contributed by atoms with van der Waals surface area (Å²) in [5, 5.41) is -0.370. The quantitative estimate of drug-likeness (QED) is 0.715. The summed E-state index contributed by atoms with van der Waals surface area (Å²) in [7, 11) is -3.22. The van der Waals surface area contributed by atoms with Gasteiger partial charge in [-0.1, -0.05) is 0 Å². The number of hydrogen-bond acceptors (Lipinski definition) is 5. The van der Waals surface area contributed by atoms with Crippen molar-refractivity contribution in [1.82, 2.24) is 9.21 Å². The van der Waals surface area contributed by atoms with Crippen LogP contribution in [0.15, 0.2) is 0 Å². The summed E-state index contributed by atoms with van der Waals surface area (Å²) in [6, 6.07) is 0.0900.